The molecule has 0 aliphatic heterocycles. The Morgan fingerprint density at radius 3 is 2.31 bits per heavy atom. The number of amides is 1. The van der Waals surface area contributed by atoms with Crippen LogP contribution in [0.1, 0.15) is 32.3 Å². The Morgan fingerprint density at radius 2 is 1.77 bits per heavy atom. The van der Waals surface area contributed by atoms with Crippen molar-refractivity contribution in [3.63, 3.8) is 0 Å². The van der Waals surface area contributed by atoms with E-state index in [0.717, 1.165) is 11.3 Å². The second kappa shape index (κ2) is 11.1. The Bertz CT molecular complexity index is 599. The maximum Gasteiger partial charge on any atom is 0.328 e. The summed E-state index contributed by atoms with van der Waals surface area (Å²) in [7, 11) is 2.85. The molecule has 0 fully saturated rings. The number of benzene rings is 1. The zero-order valence-electron chi connectivity index (χ0n) is 15.7. The molecule has 7 heteroatoms. The lowest BCUT2D eigenvalue weighted by Gasteiger charge is -2.21. The van der Waals surface area contributed by atoms with Crippen molar-refractivity contribution in [3.05, 3.63) is 29.8 Å². The molecule has 26 heavy (non-hydrogen) atoms. The predicted molar refractivity (Wildman–Crippen MR) is 95.7 cm³/mol. The minimum Gasteiger partial charge on any atom is -0.497 e. The van der Waals surface area contributed by atoms with Crippen molar-refractivity contribution in [2.75, 3.05) is 20.8 Å². The molecule has 0 aromatic heterocycles. The van der Waals surface area contributed by atoms with Crippen LogP contribution in [0.5, 0.6) is 5.75 Å². The van der Waals surface area contributed by atoms with Gasteiger partial charge in [-0.15, -0.1) is 0 Å². The van der Waals surface area contributed by atoms with E-state index in [-0.39, 0.29) is 12.3 Å². The van der Waals surface area contributed by atoms with Gasteiger partial charge in [0.05, 0.1) is 14.2 Å². The molecule has 2 atom stereocenters. The quantitative estimate of drug-likeness (QED) is 0.637. The van der Waals surface area contributed by atoms with Gasteiger partial charge < -0.3 is 19.5 Å². The lowest BCUT2D eigenvalue weighted by atomic mass is 9.99. The standard InChI is InChI=1S/C19H27NO6/c1-5-13(2)18(19(23)25-4)20-16(21)12-26-17(22)11-8-14-6-9-15(24-3)10-7-14/h6-7,9-10,13,18H,5,8,11-12H2,1-4H3,(H,20,21)/t13-,18+/m0/s1. The minimum absolute atomic E-state index is 0.0860. The Hall–Kier alpha value is -2.57. The molecule has 0 aliphatic rings. The van der Waals surface area contributed by atoms with Crippen LogP contribution in [-0.2, 0) is 30.3 Å². The van der Waals surface area contributed by atoms with Crippen LogP contribution in [0.2, 0.25) is 0 Å². The molecule has 1 aromatic carbocycles. The van der Waals surface area contributed by atoms with E-state index in [1.54, 1.807) is 7.11 Å². The number of methoxy groups -OCH3 is 2. The summed E-state index contributed by atoms with van der Waals surface area (Å²) in [6, 6.07) is 6.61. The molecule has 0 heterocycles. The molecule has 0 saturated carbocycles. The van der Waals surface area contributed by atoms with E-state index in [0.29, 0.717) is 12.8 Å². The Balaban J connectivity index is 2.40. The Kier molecular flexibility index (Phi) is 9.19. The third kappa shape index (κ3) is 7.13. The van der Waals surface area contributed by atoms with Crippen molar-refractivity contribution in [1.82, 2.24) is 5.32 Å². The summed E-state index contributed by atoms with van der Waals surface area (Å²) >= 11 is 0. The maximum absolute atomic E-state index is 11.9. The molecule has 7 nitrogen and oxygen atoms in total. The summed E-state index contributed by atoms with van der Waals surface area (Å²) in [6.07, 6.45) is 1.36. The lowest BCUT2D eigenvalue weighted by molar-refractivity contribution is -0.151. The zero-order chi connectivity index (χ0) is 19.5. The second-order valence-corrected chi connectivity index (χ2v) is 5.96. The van der Waals surface area contributed by atoms with Crippen molar-refractivity contribution in [3.8, 4) is 5.75 Å². The highest BCUT2D eigenvalue weighted by molar-refractivity contribution is 5.86. The van der Waals surface area contributed by atoms with Gasteiger partial charge in [0.25, 0.3) is 5.91 Å². The van der Waals surface area contributed by atoms with Crippen LogP contribution in [0.15, 0.2) is 24.3 Å². The van der Waals surface area contributed by atoms with E-state index in [9.17, 15) is 14.4 Å². The first-order valence-corrected chi connectivity index (χ1v) is 8.57. The van der Waals surface area contributed by atoms with Crippen LogP contribution in [0.4, 0.5) is 0 Å². The first kappa shape index (κ1) is 21.5. The zero-order valence-corrected chi connectivity index (χ0v) is 15.7. The van der Waals surface area contributed by atoms with Crippen molar-refractivity contribution in [2.45, 2.75) is 39.2 Å². The Morgan fingerprint density at radius 1 is 1.12 bits per heavy atom. The van der Waals surface area contributed by atoms with Gasteiger partial charge in [0.1, 0.15) is 11.8 Å². The van der Waals surface area contributed by atoms with E-state index in [1.807, 2.05) is 38.1 Å². The van der Waals surface area contributed by atoms with Crippen LogP contribution in [0.25, 0.3) is 0 Å². The molecule has 1 N–H and O–H groups in total. The molecule has 0 unspecified atom stereocenters. The number of rotatable bonds is 10. The molecule has 1 aromatic rings. The summed E-state index contributed by atoms with van der Waals surface area (Å²) in [5.74, 6) is -0.863. The Labute approximate surface area is 154 Å². The van der Waals surface area contributed by atoms with Crippen LogP contribution >= 0.6 is 0 Å². The van der Waals surface area contributed by atoms with Crippen LogP contribution < -0.4 is 10.1 Å². The first-order chi connectivity index (χ1) is 12.4. The van der Waals surface area contributed by atoms with Gasteiger partial charge in [-0.25, -0.2) is 4.79 Å². The number of aryl methyl sites for hydroxylation is 1. The fraction of sp³-hybridized carbons (Fsp3) is 0.526. The molecule has 1 rings (SSSR count). The normalized spacial score (nSPS) is 12.6. The van der Waals surface area contributed by atoms with Crippen LogP contribution in [0.3, 0.4) is 0 Å². The third-order valence-electron chi connectivity index (χ3n) is 4.13. The summed E-state index contributed by atoms with van der Waals surface area (Å²) in [4.78, 5) is 35.5. The highest BCUT2D eigenvalue weighted by Gasteiger charge is 2.26. The molecule has 0 bridgehead atoms. The monoisotopic (exact) mass is 365 g/mol. The smallest absolute Gasteiger partial charge is 0.328 e. The van der Waals surface area contributed by atoms with Crippen LogP contribution in [-0.4, -0.2) is 44.7 Å². The highest BCUT2D eigenvalue weighted by Crippen LogP contribution is 2.13. The van der Waals surface area contributed by atoms with Crippen molar-refractivity contribution in [1.29, 1.82) is 0 Å². The van der Waals surface area contributed by atoms with Crippen molar-refractivity contribution >= 4 is 17.8 Å². The predicted octanol–water partition coefficient (Wildman–Crippen LogP) is 1.87. The fourth-order valence-corrected chi connectivity index (χ4v) is 2.27. The second-order valence-electron chi connectivity index (χ2n) is 5.96. The van der Waals surface area contributed by atoms with Gasteiger partial charge in [-0.1, -0.05) is 32.4 Å². The van der Waals surface area contributed by atoms with E-state index in [4.69, 9.17) is 14.2 Å². The summed E-state index contributed by atoms with van der Waals surface area (Å²) in [5.41, 5.74) is 0.967. The van der Waals surface area contributed by atoms with Gasteiger partial charge in [0, 0.05) is 6.42 Å². The van der Waals surface area contributed by atoms with E-state index in [1.165, 1.54) is 7.11 Å². The van der Waals surface area contributed by atoms with Gasteiger partial charge in [0.2, 0.25) is 0 Å². The van der Waals surface area contributed by atoms with Crippen LogP contribution in [0, 0.1) is 5.92 Å². The summed E-state index contributed by atoms with van der Waals surface area (Å²) < 4.78 is 14.7. The average Bonchev–Trinajstić information content (AvgIpc) is 2.67. The molecule has 1 amide bonds. The molecular weight excluding hydrogens is 338 g/mol. The number of hydrogen-bond donors (Lipinski definition) is 1. The molecule has 0 saturated heterocycles. The van der Waals surface area contributed by atoms with E-state index >= 15 is 0 Å². The van der Waals surface area contributed by atoms with Gasteiger partial charge >= 0.3 is 11.9 Å². The average molecular weight is 365 g/mol. The topological polar surface area (TPSA) is 90.9 Å². The summed E-state index contributed by atoms with van der Waals surface area (Å²) in [5, 5.41) is 2.56. The van der Waals surface area contributed by atoms with E-state index in [2.05, 4.69) is 5.32 Å². The number of ether oxygens (including phenoxy) is 3. The molecule has 0 spiro atoms. The molecule has 144 valence electrons. The van der Waals surface area contributed by atoms with Gasteiger partial charge in [-0.05, 0) is 30.0 Å². The van der Waals surface area contributed by atoms with Crippen molar-refractivity contribution < 1.29 is 28.6 Å². The number of carbonyl (C=O) groups excluding carboxylic acids is 3. The largest absolute Gasteiger partial charge is 0.497 e. The molecule has 0 aliphatic carbocycles. The number of nitrogens with one attached hydrogen (secondary N) is 1. The van der Waals surface area contributed by atoms with Gasteiger partial charge in [-0.3, -0.25) is 9.59 Å². The fourth-order valence-electron chi connectivity index (χ4n) is 2.27. The highest BCUT2D eigenvalue weighted by atomic mass is 16.5. The number of hydrogen-bond acceptors (Lipinski definition) is 6. The minimum atomic E-state index is -0.754. The lowest BCUT2D eigenvalue weighted by Crippen LogP contribution is -2.47. The number of carbonyl (C=O) groups is 3. The molecular formula is C19H27NO6. The molecule has 0 radical (unpaired) electrons. The summed E-state index contributed by atoms with van der Waals surface area (Å²) in [6.45, 7) is 3.32. The number of esters is 2. The SMILES string of the molecule is CC[C@H](C)[C@@H](NC(=O)COC(=O)CCc1ccc(OC)cc1)C(=O)OC. The van der Waals surface area contributed by atoms with E-state index < -0.39 is 30.5 Å². The first-order valence-electron chi connectivity index (χ1n) is 8.57. The maximum atomic E-state index is 11.9. The van der Waals surface area contributed by atoms with Crippen molar-refractivity contribution in [2.24, 2.45) is 5.92 Å². The third-order valence-corrected chi connectivity index (χ3v) is 4.13. The van der Waals surface area contributed by atoms with Gasteiger partial charge in [0.15, 0.2) is 6.61 Å². The van der Waals surface area contributed by atoms with Gasteiger partial charge in [-0.2, -0.15) is 0 Å².